The van der Waals surface area contributed by atoms with E-state index in [1.807, 2.05) is 5.38 Å². The highest BCUT2D eigenvalue weighted by molar-refractivity contribution is 7.99. The van der Waals surface area contributed by atoms with E-state index in [4.69, 9.17) is 14.5 Å². The van der Waals surface area contributed by atoms with Crippen molar-refractivity contribution >= 4 is 44.9 Å². The van der Waals surface area contributed by atoms with Crippen LogP contribution in [0.2, 0.25) is 0 Å². The number of nitrogens with zero attached hydrogens (tertiary/aromatic N) is 2. The molecule has 1 aliphatic rings. The molecule has 1 aliphatic heterocycles. The summed E-state index contributed by atoms with van der Waals surface area (Å²) in [6, 6.07) is 11.3. The van der Waals surface area contributed by atoms with Crippen molar-refractivity contribution in [3.63, 3.8) is 0 Å². The molecule has 0 atom stereocenters. The average molecular weight is 510 g/mol. The van der Waals surface area contributed by atoms with Crippen molar-refractivity contribution in [1.82, 2.24) is 9.55 Å². The number of anilines is 1. The summed E-state index contributed by atoms with van der Waals surface area (Å²) in [5.74, 6) is 1.18. The Hall–Kier alpha value is -3.63. The number of hydrogen-bond acceptors (Lipinski definition) is 7. The number of halogens is 1. The molecule has 0 saturated carbocycles. The lowest BCUT2D eigenvalue weighted by Gasteiger charge is -2.11. The van der Waals surface area contributed by atoms with Gasteiger partial charge in [0.2, 0.25) is 12.7 Å². The Labute approximate surface area is 208 Å². The molecule has 0 fully saturated rings. The zero-order valence-electron chi connectivity index (χ0n) is 18.5. The largest absolute Gasteiger partial charge is 0.454 e. The van der Waals surface area contributed by atoms with Crippen molar-refractivity contribution in [3.05, 3.63) is 76.7 Å². The Bertz CT molecular complexity index is 1480. The first-order chi connectivity index (χ1) is 17.0. The van der Waals surface area contributed by atoms with E-state index in [1.54, 1.807) is 41.0 Å². The van der Waals surface area contributed by atoms with Gasteiger partial charge < -0.3 is 14.8 Å². The summed E-state index contributed by atoms with van der Waals surface area (Å²) in [5, 5.41) is 5.72. The summed E-state index contributed by atoms with van der Waals surface area (Å²) in [6.07, 6.45) is 1.86. The van der Waals surface area contributed by atoms with Gasteiger partial charge in [-0.05, 0) is 29.8 Å². The van der Waals surface area contributed by atoms with Gasteiger partial charge in [-0.1, -0.05) is 30.0 Å². The number of benzene rings is 2. The minimum atomic E-state index is -0.336. The molecule has 2 aromatic carbocycles. The smallest absolute Gasteiger partial charge is 0.263 e. The predicted molar refractivity (Wildman–Crippen MR) is 136 cm³/mol. The summed E-state index contributed by atoms with van der Waals surface area (Å²) in [5.41, 5.74) is 1.91. The van der Waals surface area contributed by atoms with Gasteiger partial charge in [0.25, 0.3) is 5.56 Å². The topological polar surface area (TPSA) is 82.5 Å². The van der Waals surface area contributed by atoms with Crippen molar-refractivity contribution in [2.45, 2.75) is 18.1 Å². The van der Waals surface area contributed by atoms with Crippen LogP contribution in [0.4, 0.5) is 10.1 Å². The molecule has 1 N–H and O–H groups in total. The lowest BCUT2D eigenvalue weighted by molar-refractivity contribution is -0.115. The number of aromatic nitrogens is 2. The second-order valence-corrected chi connectivity index (χ2v) is 9.57. The van der Waals surface area contributed by atoms with Crippen LogP contribution in [0.5, 0.6) is 11.5 Å². The quantitative estimate of drug-likeness (QED) is 0.197. The maximum atomic E-state index is 13.4. The number of amides is 1. The van der Waals surface area contributed by atoms with Gasteiger partial charge in [0.1, 0.15) is 10.6 Å². The summed E-state index contributed by atoms with van der Waals surface area (Å²) in [4.78, 5) is 31.1. The third-order valence-corrected chi connectivity index (χ3v) is 7.19. The number of thiophene rings is 1. The molecule has 0 saturated heterocycles. The van der Waals surface area contributed by atoms with E-state index >= 15 is 0 Å². The molecule has 35 heavy (non-hydrogen) atoms. The third-order valence-electron chi connectivity index (χ3n) is 5.34. The fourth-order valence-corrected chi connectivity index (χ4v) is 5.62. The lowest BCUT2D eigenvalue weighted by atomic mass is 10.1. The van der Waals surface area contributed by atoms with Crippen LogP contribution < -0.4 is 20.3 Å². The minimum Gasteiger partial charge on any atom is -0.454 e. The van der Waals surface area contributed by atoms with Crippen molar-refractivity contribution in [2.24, 2.45) is 0 Å². The highest BCUT2D eigenvalue weighted by atomic mass is 32.2. The molecule has 10 heteroatoms. The van der Waals surface area contributed by atoms with E-state index in [-0.39, 0.29) is 37.0 Å². The maximum absolute atomic E-state index is 13.4. The van der Waals surface area contributed by atoms with Crippen LogP contribution in [0.1, 0.15) is 6.42 Å². The molecule has 0 spiro atoms. The van der Waals surface area contributed by atoms with Gasteiger partial charge in [-0.15, -0.1) is 17.9 Å². The van der Waals surface area contributed by atoms with E-state index in [1.165, 1.54) is 35.2 Å². The summed E-state index contributed by atoms with van der Waals surface area (Å²) < 4.78 is 25.5. The molecule has 178 valence electrons. The van der Waals surface area contributed by atoms with Gasteiger partial charge >= 0.3 is 0 Å². The molecule has 3 heterocycles. The number of rotatable bonds is 8. The highest BCUT2D eigenvalue weighted by Gasteiger charge is 2.18. The first-order valence-corrected chi connectivity index (χ1v) is 12.6. The number of thioether (sulfide) groups is 1. The summed E-state index contributed by atoms with van der Waals surface area (Å²) in [7, 11) is 0. The summed E-state index contributed by atoms with van der Waals surface area (Å²) >= 11 is 2.70. The van der Waals surface area contributed by atoms with Gasteiger partial charge in [0, 0.05) is 41.4 Å². The summed E-state index contributed by atoms with van der Waals surface area (Å²) in [6.45, 7) is 4.21. The van der Waals surface area contributed by atoms with Crippen molar-refractivity contribution < 1.29 is 18.7 Å². The van der Waals surface area contributed by atoms with Gasteiger partial charge in [-0.3, -0.25) is 14.2 Å². The molecule has 2 aromatic heterocycles. The molecule has 7 nitrogen and oxygen atoms in total. The molecule has 4 aromatic rings. The normalized spacial score (nSPS) is 12.1. The number of carbonyl (C=O) groups excluding carboxylic acids is 1. The number of nitrogens with one attached hydrogen (secondary N) is 1. The maximum Gasteiger partial charge on any atom is 0.263 e. The molecule has 5 rings (SSSR count). The van der Waals surface area contributed by atoms with E-state index in [0.29, 0.717) is 38.3 Å². The lowest BCUT2D eigenvalue weighted by Crippen LogP contribution is -2.23. The van der Waals surface area contributed by atoms with Gasteiger partial charge in [0.15, 0.2) is 16.7 Å². The van der Waals surface area contributed by atoms with Crippen LogP contribution in [-0.4, -0.2) is 28.0 Å². The molecular formula is C25H20FN3O4S2. The van der Waals surface area contributed by atoms with Gasteiger partial charge in [-0.2, -0.15) is 0 Å². The second kappa shape index (κ2) is 9.93. The number of fused-ring (bicyclic) bond motifs is 2. The second-order valence-electron chi connectivity index (χ2n) is 7.65. The standard InChI is InChI=1S/C25H20FN3O4S2/c1-2-10-29-24(31)22-18(15-3-5-16(26)6-4-15)13-35-23(22)28-25(29)34-11-9-21(30)27-17-7-8-19-20(12-17)33-14-32-19/h2-8,12-13H,1,9-11,14H2,(H,27,30). The third kappa shape index (κ3) is 4.80. The Morgan fingerprint density at radius 3 is 2.83 bits per heavy atom. The van der Waals surface area contributed by atoms with Crippen molar-refractivity contribution in [1.29, 1.82) is 0 Å². The van der Waals surface area contributed by atoms with Crippen LogP contribution in [0.25, 0.3) is 21.3 Å². The highest BCUT2D eigenvalue weighted by Crippen LogP contribution is 2.35. The van der Waals surface area contributed by atoms with E-state index in [0.717, 1.165) is 11.1 Å². The average Bonchev–Trinajstić information content (AvgIpc) is 3.49. The Kier molecular flexibility index (Phi) is 6.56. The molecular weight excluding hydrogens is 489 g/mol. The van der Waals surface area contributed by atoms with Crippen molar-refractivity contribution in [2.75, 3.05) is 17.9 Å². The van der Waals surface area contributed by atoms with Crippen LogP contribution >= 0.6 is 23.1 Å². The number of allylic oxidation sites excluding steroid dienone is 1. The first-order valence-electron chi connectivity index (χ1n) is 10.7. The zero-order valence-corrected chi connectivity index (χ0v) is 20.1. The Balaban J connectivity index is 1.32. The first kappa shape index (κ1) is 23.1. The Morgan fingerprint density at radius 1 is 1.23 bits per heavy atom. The minimum absolute atomic E-state index is 0.162. The Morgan fingerprint density at radius 2 is 2.03 bits per heavy atom. The van der Waals surface area contributed by atoms with Crippen LogP contribution in [0.15, 0.2) is 70.5 Å². The monoisotopic (exact) mass is 509 g/mol. The molecule has 1 amide bonds. The molecule has 0 bridgehead atoms. The fraction of sp³-hybridized carbons (Fsp3) is 0.160. The van der Waals surface area contributed by atoms with E-state index in [9.17, 15) is 14.0 Å². The van der Waals surface area contributed by atoms with Crippen molar-refractivity contribution in [3.8, 4) is 22.6 Å². The SMILES string of the molecule is C=CCn1c(SCCC(=O)Nc2ccc3c(c2)OCO3)nc2scc(-c3ccc(F)cc3)c2c1=O. The van der Waals surface area contributed by atoms with Crippen LogP contribution in [-0.2, 0) is 11.3 Å². The molecule has 0 radical (unpaired) electrons. The van der Waals surface area contributed by atoms with Crippen LogP contribution in [0, 0.1) is 5.82 Å². The zero-order chi connectivity index (χ0) is 24.4. The van der Waals surface area contributed by atoms with Gasteiger partial charge in [-0.25, -0.2) is 9.37 Å². The fourth-order valence-electron chi connectivity index (χ4n) is 3.68. The van der Waals surface area contributed by atoms with Gasteiger partial charge in [0.05, 0.1) is 5.39 Å². The number of carbonyl (C=O) groups is 1. The number of ether oxygens (including phenoxy) is 2. The van der Waals surface area contributed by atoms with E-state index in [2.05, 4.69) is 11.9 Å². The molecule has 0 unspecified atom stereocenters. The van der Waals surface area contributed by atoms with E-state index < -0.39 is 0 Å². The van der Waals surface area contributed by atoms with Crippen LogP contribution in [0.3, 0.4) is 0 Å². The number of hydrogen-bond donors (Lipinski definition) is 1. The predicted octanol–water partition coefficient (Wildman–Crippen LogP) is 5.30. The molecule has 0 aliphatic carbocycles.